The molecule has 30 heavy (non-hydrogen) atoms. The van der Waals surface area contributed by atoms with Gasteiger partial charge in [0.2, 0.25) is 5.91 Å². The number of aryl methyl sites for hydroxylation is 1. The monoisotopic (exact) mass is 407 g/mol. The first-order chi connectivity index (χ1) is 14.6. The van der Waals surface area contributed by atoms with Gasteiger partial charge < -0.3 is 9.64 Å². The van der Waals surface area contributed by atoms with Gasteiger partial charge in [-0.1, -0.05) is 30.3 Å². The van der Waals surface area contributed by atoms with Gasteiger partial charge in [0.1, 0.15) is 5.75 Å². The molecule has 0 bridgehead atoms. The summed E-state index contributed by atoms with van der Waals surface area (Å²) < 4.78 is 7.31. The van der Waals surface area contributed by atoms with Crippen molar-refractivity contribution in [2.45, 2.75) is 25.8 Å². The topological polar surface area (TPSA) is 84.4 Å². The van der Waals surface area contributed by atoms with Gasteiger partial charge in [-0.25, -0.2) is 4.79 Å². The first-order valence-corrected chi connectivity index (χ1v) is 10.3. The van der Waals surface area contributed by atoms with Crippen LogP contribution in [0.3, 0.4) is 0 Å². The van der Waals surface area contributed by atoms with Crippen LogP contribution in [-0.4, -0.2) is 40.1 Å². The van der Waals surface area contributed by atoms with E-state index in [0.717, 1.165) is 18.6 Å². The Morgan fingerprint density at radius 2 is 1.70 bits per heavy atom. The van der Waals surface area contributed by atoms with Crippen LogP contribution in [0.1, 0.15) is 19.3 Å². The summed E-state index contributed by atoms with van der Waals surface area (Å²) in [6.45, 7) is 2.29. The molecule has 2 aromatic carbocycles. The molecule has 0 aliphatic carbocycles. The van der Waals surface area contributed by atoms with Crippen LogP contribution in [0, 0.1) is 5.92 Å². The number of fused-ring (bicyclic) bond motifs is 1. The number of H-pyrrole nitrogens is 1. The number of aromatic nitrogens is 2. The summed E-state index contributed by atoms with van der Waals surface area (Å²) in [4.78, 5) is 41.1. The number of amides is 1. The fourth-order valence-electron chi connectivity index (χ4n) is 3.91. The van der Waals surface area contributed by atoms with E-state index in [0.29, 0.717) is 36.5 Å². The largest absolute Gasteiger partial charge is 0.493 e. The Labute approximate surface area is 173 Å². The first kappa shape index (κ1) is 19.9. The number of aromatic amines is 1. The number of likely N-dealkylation sites (tertiary alicyclic amines) is 1. The number of hydrogen-bond acceptors (Lipinski definition) is 4. The van der Waals surface area contributed by atoms with Gasteiger partial charge in [0.05, 0.1) is 17.5 Å². The molecule has 7 nitrogen and oxygen atoms in total. The van der Waals surface area contributed by atoms with Crippen molar-refractivity contribution >= 4 is 16.8 Å². The number of nitrogens with zero attached hydrogens (tertiary/aromatic N) is 2. The van der Waals surface area contributed by atoms with E-state index < -0.39 is 11.2 Å². The maximum atomic E-state index is 12.7. The van der Waals surface area contributed by atoms with Gasteiger partial charge in [-0.05, 0) is 43.0 Å². The van der Waals surface area contributed by atoms with E-state index in [-0.39, 0.29) is 18.9 Å². The van der Waals surface area contributed by atoms with Crippen LogP contribution in [-0.2, 0) is 11.3 Å². The summed E-state index contributed by atoms with van der Waals surface area (Å²) in [5.74, 6) is 1.33. The highest BCUT2D eigenvalue weighted by molar-refractivity contribution is 5.79. The molecular formula is C23H25N3O4. The van der Waals surface area contributed by atoms with Gasteiger partial charge >= 0.3 is 5.69 Å². The number of ether oxygens (including phenoxy) is 1. The van der Waals surface area contributed by atoms with Crippen molar-refractivity contribution in [3.05, 3.63) is 75.4 Å². The Bertz CT molecular complexity index is 1130. The summed E-state index contributed by atoms with van der Waals surface area (Å²) >= 11 is 0. The lowest BCUT2D eigenvalue weighted by atomic mass is 9.97. The van der Waals surface area contributed by atoms with Crippen molar-refractivity contribution in [2.75, 3.05) is 19.7 Å². The third-order valence-corrected chi connectivity index (χ3v) is 5.65. The molecule has 7 heteroatoms. The highest BCUT2D eigenvalue weighted by Gasteiger charge is 2.23. The molecular weight excluding hydrogens is 382 g/mol. The van der Waals surface area contributed by atoms with Gasteiger partial charge in [0, 0.05) is 26.1 Å². The standard InChI is InChI=1S/C23H25N3O4/c27-21(12-15-26-20-9-5-4-8-19(20)22(28)24-23(26)29)25-13-10-17(11-14-25)16-30-18-6-2-1-3-7-18/h1-9,17H,10-16H2,(H,24,28,29). The van der Waals surface area contributed by atoms with Gasteiger partial charge in [-0.15, -0.1) is 0 Å². The van der Waals surface area contributed by atoms with Crippen molar-refractivity contribution < 1.29 is 9.53 Å². The minimum absolute atomic E-state index is 0.0274. The fraction of sp³-hybridized carbons (Fsp3) is 0.348. The maximum Gasteiger partial charge on any atom is 0.328 e. The minimum Gasteiger partial charge on any atom is -0.493 e. The van der Waals surface area contributed by atoms with Crippen LogP contribution >= 0.6 is 0 Å². The second-order valence-electron chi connectivity index (χ2n) is 7.63. The summed E-state index contributed by atoms with van der Waals surface area (Å²) in [5, 5.41) is 0.448. The summed E-state index contributed by atoms with van der Waals surface area (Å²) in [6, 6.07) is 16.7. The van der Waals surface area contributed by atoms with Crippen LogP contribution in [0.5, 0.6) is 5.75 Å². The van der Waals surface area contributed by atoms with Gasteiger partial charge in [0.15, 0.2) is 0 Å². The molecule has 156 valence electrons. The summed E-state index contributed by atoms with van der Waals surface area (Å²) in [6.07, 6.45) is 2.03. The first-order valence-electron chi connectivity index (χ1n) is 10.3. The van der Waals surface area contributed by atoms with E-state index in [1.807, 2.05) is 35.2 Å². The normalized spacial score (nSPS) is 14.7. The second kappa shape index (κ2) is 8.98. The van der Waals surface area contributed by atoms with Gasteiger partial charge in [0.25, 0.3) is 5.56 Å². The molecule has 1 fully saturated rings. The molecule has 0 unspecified atom stereocenters. The molecule has 0 spiro atoms. The number of benzene rings is 2. The Balaban J connectivity index is 1.31. The average molecular weight is 407 g/mol. The molecule has 1 aromatic heterocycles. The third-order valence-electron chi connectivity index (χ3n) is 5.65. The number of hydrogen-bond donors (Lipinski definition) is 1. The second-order valence-corrected chi connectivity index (χ2v) is 7.63. The van der Waals surface area contributed by atoms with Crippen molar-refractivity contribution in [1.29, 1.82) is 0 Å². The van der Waals surface area contributed by atoms with Crippen LogP contribution < -0.4 is 16.0 Å². The predicted molar refractivity (Wildman–Crippen MR) is 115 cm³/mol. The Morgan fingerprint density at radius 1 is 1.00 bits per heavy atom. The molecule has 3 aromatic rings. The molecule has 0 saturated carbocycles. The minimum atomic E-state index is -0.483. The molecule has 1 aliphatic heterocycles. The molecule has 0 atom stereocenters. The number of carbonyl (C=O) groups is 1. The van der Waals surface area contributed by atoms with Crippen LogP contribution in [0.25, 0.3) is 10.9 Å². The summed E-state index contributed by atoms with van der Waals surface area (Å²) in [5.41, 5.74) is -0.336. The Morgan fingerprint density at radius 3 is 2.47 bits per heavy atom. The lowest BCUT2D eigenvalue weighted by Crippen LogP contribution is -2.40. The molecule has 1 amide bonds. The van der Waals surface area contributed by atoms with Crippen LogP contribution in [0.2, 0.25) is 0 Å². The van der Waals surface area contributed by atoms with E-state index in [1.165, 1.54) is 4.57 Å². The quantitative estimate of drug-likeness (QED) is 0.680. The molecule has 0 radical (unpaired) electrons. The number of nitrogens with one attached hydrogen (secondary N) is 1. The number of carbonyl (C=O) groups excluding carboxylic acids is 1. The summed E-state index contributed by atoms with van der Waals surface area (Å²) in [7, 11) is 0. The lowest BCUT2D eigenvalue weighted by Gasteiger charge is -2.32. The molecule has 1 N–H and O–H groups in total. The van der Waals surface area contributed by atoms with Crippen molar-refractivity contribution in [3.63, 3.8) is 0 Å². The Kier molecular flexibility index (Phi) is 5.97. The number of rotatable bonds is 6. The third kappa shape index (κ3) is 4.45. The van der Waals surface area contributed by atoms with Gasteiger partial charge in [-0.2, -0.15) is 0 Å². The Hall–Kier alpha value is -3.35. The molecule has 1 aliphatic rings. The molecule has 1 saturated heterocycles. The highest BCUT2D eigenvalue weighted by atomic mass is 16.5. The van der Waals surface area contributed by atoms with Crippen molar-refractivity contribution in [1.82, 2.24) is 14.5 Å². The van der Waals surface area contributed by atoms with E-state index in [2.05, 4.69) is 4.98 Å². The number of piperidine rings is 1. The zero-order valence-corrected chi connectivity index (χ0v) is 16.8. The smallest absolute Gasteiger partial charge is 0.328 e. The lowest BCUT2D eigenvalue weighted by molar-refractivity contribution is -0.133. The fourth-order valence-corrected chi connectivity index (χ4v) is 3.91. The predicted octanol–water partition coefficient (Wildman–Crippen LogP) is 2.40. The van der Waals surface area contributed by atoms with E-state index >= 15 is 0 Å². The van der Waals surface area contributed by atoms with Crippen molar-refractivity contribution in [3.8, 4) is 5.75 Å². The average Bonchev–Trinajstić information content (AvgIpc) is 2.78. The zero-order chi connectivity index (χ0) is 20.9. The van der Waals surface area contributed by atoms with E-state index in [4.69, 9.17) is 4.74 Å². The number of para-hydroxylation sites is 2. The van der Waals surface area contributed by atoms with Crippen LogP contribution in [0.4, 0.5) is 0 Å². The molecule has 4 rings (SSSR count). The zero-order valence-electron chi connectivity index (χ0n) is 16.8. The van der Waals surface area contributed by atoms with E-state index in [1.54, 1.807) is 24.3 Å². The van der Waals surface area contributed by atoms with Crippen LogP contribution in [0.15, 0.2) is 64.2 Å². The SMILES string of the molecule is O=C(CCn1c(=O)[nH]c(=O)c2ccccc21)N1CCC(COc2ccccc2)CC1. The highest BCUT2D eigenvalue weighted by Crippen LogP contribution is 2.20. The van der Waals surface area contributed by atoms with E-state index in [9.17, 15) is 14.4 Å². The maximum absolute atomic E-state index is 12.7. The van der Waals surface area contributed by atoms with Gasteiger partial charge in [-0.3, -0.25) is 19.1 Å². The van der Waals surface area contributed by atoms with Crippen molar-refractivity contribution in [2.24, 2.45) is 5.92 Å². The molecule has 2 heterocycles.